The van der Waals surface area contributed by atoms with E-state index in [1.54, 1.807) is 30.2 Å². The van der Waals surface area contributed by atoms with Gasteiger partial charge in [-0.3, -0.25) is 4.79 Å². The number of benzene rings is 1. The van der Waals surface area contributed by atoms with Crippen LogP contribution in [0, 0.1) is 5.92 Å². The molecule has 0 radical (unpaired) electrons. The highest BCUT2D eigenvalue weighted by atomic mass is 32.2. The van der Waals surface area contributed by atoms with Gasteiger partial charge in [0.1, 0.15) is 16.4 Å². The molecule has 0 saturated heterocycles. The Morgan fingerprint density at radius 3 is 2.78 bits per heavy atom. The summed E-state index contributed by atoms with van der Waals surface area (Å²) in [4.78, 5) is 22.7. The lowest BCUT2D eigenvalue weighted by molar-refractivity contribution is 0.415. The fraction of sp³-hybridized carbons (Fsp3) is 0.391. The molecule has 1 aliphatic carbocycles. The average molecular weight is 468 g/mol. The van der Waals surface area contributed by atoms with Crippen LogP contribution in [-0.4, -0.2) is 31.8 Å². The fourth-order valence-electron chi connectivity index (χ4n) is 4.13. The minimum Gasteiger partial charge on any atom is -0.497 e. The van der Waals surface area contributed by atoms with E-state index in [4.69, 9.17) is 9.72 Å². The number of thioether (sulfide) groups is 1. The number of hydrogen-bond donors (Lipinski definition) is 1. The van der Waals surface area contributed by atoms with Crippen LogP contribution >= 0.6 is 23.1 Å². The molecule has 0 atom stereocenters. The van der Waals surface area contributed by atoms with E-state index >= 15 is 0 Å². The highest BCUT2D eigenvalue weighted by Crippen LogP contribution is 2.35. The summed E-state index contributed by atoms with van der Waals surface area (Å²) in [6.07, 6.45) is 3.18. The molecule has 0 unspecified atom stereocenters. The first kappa shape index (κ1) is 21.2. The van der Waals surface area contributed by atoms with E-state index in [-0.39, 0.29) is 5.56 Å². The van der Waals surface area contributed by atoms with Crippen molar-refractivity contribution in [2.24, 2.45) is 5.92 Å². The van der Waals surface area contributed by atoms with Gasteiger partial charge in [-0.2, -0.15) is 0 Å². The molecule has 32 heavy (non-hydrogen) atoms. The highest BCUT2D eigenvalue weighted by molar-refractivity contribution is 7.98. The number of thiophene rings is 1. The summed E-state index contributed by atoms with van der Waals surface area (Å²) in [5.41, 5.74) is 2.18. The molecule has 1 aromatic carbocycles. The number of aromatic amines is 1. The average Bonchev–Trinajstić information content (AvgIpc) is 3.46. The predicted octanol–water partition coefficient (Wildman–Crippen LogP) is 4.69. The Bertz CT molecular complexity index is 1320. The lowest BCUT2D eigenvalue weighted by atomic mass is 10.2. The minimum atomic E-state index is -0.0208. The van der Waals surface area contributed by atoms with Crippen molar-refractivity contribution < 1.29 is 4.74 Å². The number of aryl methyl sites for hydroxylation is 2. The van der Waals surface area contributed by atoms with Crippen molar-refractivity contribution in [3.8, 4) is 17.1 Å². The molecule has 0 fully saturated rings. The van der Waals surface area contributed by atoms with Crippen molar-refractivity contribution in [3.63, 3.8) is 0 Å². The summed E-state index contributed by atoms with van der Waals surface area (Å²) in [7, 11) is 1.66. The Morgan fingerprint density at radius 2 is 2.03 bits per heavy atom. The van der Waals surface area contributed by atoms with Gasteiger partial charge in [0.15, 0.2) is 11.0 Å². The molecule has 0 aliphatic heterocycles. The Hall–Kier alpha value is -2.65. The molecule has 1 aliphatic rings. The molecule has 0 saturated carbocycles. The maximum absolute atomic E-state index is 12.7. The van der Waals surface area contributed by atoms with Crippen molar-refractivity contribution in [2.75, 3.05) is 7.11 Å². The first-order valence-electron chi connectivity index (χ1n) is 10.8. The van der Waals surface area contributed by atoms with Crippen molar-refractivity contribution in [2.45, 2.75) is 50.6 Å². The summed E-state index contributed by atoms with van der Waals surface area (Å²) in [6, 6.07) is 7.85. The highest BCUT2D eigenvalue weighted by Gasteiger charge is 2.22. The molecule has 9 heteroatoms. The van der Waals surface area contributed by atoms with E-state index in [2.05, 4.69) is 33.6 Å². The van der Waals surface area contributed by atoms with Crippen molar-refractivity contribution in [1.29, 1.82) is 0 Å². The van der Waals surface area contributed by atoms with E-state index in [9.17, 15) is 4.79 Å². The van der Waals surface area contributed by atoms with Gasteiger partial charge in [0.2, 0.25) is 0 Å². The molecule has 4 aromatic rings. The predicted molar refractivity (Wildman–Crippen MR) is 129 cm³/mol. The number of methoxy groups -OCH3 is 1. The molecule has 5 rings (SSSR count). The second kappa shape index (κ2) is 8.71. The van der Waals surface area contributed by atoms with E-state index in [0.717, 1.165) is 58.3 Å². The van der Waals surface area contributed by atoms with Crippen molar-refractivity contribution >= 4 is 33.3 Å². The third-order valence-electron chi connectivity index (χ3n) is 5.57. The fourth-order valence-corrected chi connectivity index (χ4v) is 6.23. The first-order chi connectivity index (χ1) is 15.5. The monoisotopic (exact) mass is 467 g/mol. The van der Waals surface area contributed by atoms with E-state index < -0.39 is 0 Å². The smallest absolute Gasteiger partial charge is 0.259 e. The maximum Gasteiger partial charge on any atom is 0.259 e. The maximum atomic E-state index is 12.7. The van der Waals surface area contributed by atoms with Gasteiger partial charge >= 0.3 is 0 Å². The van der Waals surface area contributed by atoms with Crippen LogP contribution in [-0.2, 0) is 25.1 Å². The van der Waals surface area contributed by atoms with E-state index in [1.165, 1.54) is 10.4 Å². The van der Waals surface area contributed by atoms with Gasteiger partial charge in [-0.05, 0) is 55.0 Å². The zero-order valence-corrected chi connectivity index (χ0v) is 20.0. The van der Waals surface area contributed by atoms with Gasteiger partial charge in [0.05, 0.1) is 18.2 Å². The number of fused-ring (bicyclic) bond motifs is 3. The van der Waals surface area contributed by atoms with Crippen LogP contribution in [0.1, 0.15) is 36.5 Å². The molecule has 3 heterocycles. The van der Waals surface area contributed by atoms with Gasteiger partial charge in [0.25, 0.3) is 5.56 Å². The number of aromatic nitrogens is 5. The van der Waals surface area contributed by atoms with Gasteiger partial charge in [0, 0.05) is 17.0 Å². The first-order valence-corrected chi connectivity index (χ1v) is 12.6. The van der Waals surface area contributed by atoms with Crippen LogP contribution in [0.3, 0.4) is 0 Å². The third-order valence-corrected chi connectivity index (χ3v) is 7.74. The van der Waals surface area contributed by atoms with Crippen molar-refractivity contribution in [3.05, 3.63) is 50.9 Å². The Balaban J connectivity index is 1.42. The van der Waals surface area contributed by atoms with Gasteiger partial charge in [-0.1, -0.05) is 25.6 Å². The molecule has 166 valence electrons. The summed E-state index contributed by atoms with van der Waals surface area (Å²) in [6.45, 7) is 5.15. The Morgan fingerprint density at radius 1 is 1.22 bits per heavy atom. The molecule has 1 N–H and O–H groups in total. The van der Waals surface area contributed by atoms with Crippen LogP contribution < -0.4 is 10.3 Å². The molecule has 3 aromatic heterocycles. The number of rotatable bonds is 7. The Labute approximate surface area is 194 Å². The second-order valence-electron chi connectivity index (χ2n) is 8.38. The number of H-pyrrole nitrogens is 1. The normalized spacial score (nSPS) is 13.2. The summed E-state index contributed by atoms with van der Waals surface area (Å²) >= 11 is 3.22. The van der Waals surface area contributed by atoms with Crippen LogP contribution in [0.25, 0.3) is 21.6 Å². The largest absolute Gasteiger partial charge is 0.497 e. The lowest BCUT2D eigenvalue weighted by Gasteiger charge is -2.12. The van der Waals surface area contributed by atoms with E-state index in [1.807, 2.05) is 24.3 Å². The standard InChI is InChI=1S/C23H25N5O2S2/c1-13(2)11-28-20(14-7-9-15(30-3)10-8-14)26-27-23(28)31-12-18-24-21(29)19-16-5-4-6-17(16)32-22(19)25-18/h7-10,13H,4-6,11-12H2,1-3H3,(H,24,25,29). The summed E-state index contributed by atoms with van der Waals surface area (Å²) in [5.74, 6) is 3.29. The quantitative estimate of drug-likeness (QED) is 0.397. The summed E-state index contributed by atoms with van der Waals surface area (Å²) in [5, 5.41) is 10.5. The van der Waals surface area contributed by atoms with Crippen LogP contribution in [0.4, 0.5) is 0 Å². The number of hydrogen-bond acceptors (Lipinski definition) is 7. The number of nitrogens with zero attached hydrogens (tertiary/aromatic N) is 4. The zero-order valence-electron chi connectivity index (χ0n) is 18.3. The van der Waals surface area contributed by atoms with E-state index in [0.29, 0.717) is 17.5 Å². The topological polar surface area (TPSA) is 85.7 Å². The van der Waals surface area contributed by atoms with Crippen LogP contribution in [0.2, 0.25) is 0 Å². The summed E-state index contributed by atoms with van der Waals surface area (Å²) < 4.78 is 7.42. The molecule has 0 amide bonds. The molecular formula is C23H25N5O2S2. The SMILES string of the molecule is COc1ccc(-c2nnc(SCc3nc4sc5c(c4c(=O)[nH]3)CCC5)n2CC(C)C)cc1. The molecule has 0 bridgehead atoms. The molecule has 7 nitrogen and oxygen atoms in total. The Kier molecular flexibility index (Phi) is 5.77. The van der Waals surface area contributed by atoms with Gasteiger partial charge < -0.3 is 14.3 Å². The minimum absolute atomic E-state index is 0.0208. The van der Waals surface area contributed by atoms with Crippen LogP contribution in [0.5, 0.6) is 5.75 Å². The second-order valence-corrected chi connectivity index (χ2v) is 10.4. The number of nitrogens with one attached hydrogen (secondary N) is 1. The lowest BCUT2D eigenvalue weighted by Crippen LogP contribution is -2.12. The van der Waals surface area contributed by atoms with Gasteiger partial charge in [-0.15, -0.1) is 21.5 Å². The third kappa shape index (κ3) is 3.95. The van der Waals surface area contributed by atoms with Crippen LogP contribution in [0.15, 0.2) is 34.2 Å². The van der Waals surface area contributed by atoms with Gasteiger partial charge in [-0.25, -0.2) is 4.98 Å². The molecule has 0 spiro atoms. The molecular weight excluding hydrogens is 442 g/mol. The number of ether oxygens (including phenoxy) is 1. The zero-order chi connectivity index (χ0) is 22.2. The van der Waals surface area contributed by atoms with Crippen molar-refractivity contribution in [1.82, 2.24) is 24.7 Å².